The number of hydrogen-bond donors (Lipinski definition) is 1. The van der Waals surface area contributed by atoms with Crippen molar-refractivity contribution >= 4 is 46.1 Å². The number of aryl methyl sites for hydroxylation is 1. The van der Waals surface area contributed by atoms with Crippen molar-refractivity contribution in [1.29, 1.82) is 0 Å². The number of hydrogen-bond acceptors (Lipinski definition) is 4. The highest BCUT2D eigenvalue weighted by atomic mass is 32.2. The number of aromatic nitrogens is 1. The third-order valence-electron chi connectivity index (χ3n) is 4.32. The average Bonchev–Trinajstić information content (AvgIpc) is 2.75. The van der Waals surface area contributed by atoms with E-state index in [0.717, 1.165) is 5.56 Å². The van der Waals surface area contributed by atoms with Crippen molar-refractivity contribution < 1.29 is 32.0 Å². The maximum atomic E-state index is 13.3. The molecule has 1 aromatic heterocycles. The van der Waals surface area contributed by atoms with E-state index in [2.05, 4.69) is 10.1 Å². The number of anilines is 1. The van der Waals surface area contributed by atoms with E-state index in [1.165, 1.54) is 36.4 Å². The van der Waals surface area contributed by atoms with E-state index in [0.29, 0.717) is 22.3 Å². The molecule has 0 saturated carbocycles. The minimum Gasteiger partial charge on any atom is -0.867 e. The van der Waals surface area contributed by atoms with Crippen molar-refractivity contribution in [2.75, 3.05) is 5.32 Å². The summed E-state index contributed by atoms with van der Waals surface area (Å²) in [6, 6.07) is 15.1. The van der Waals surface area contributed by atoms with Gasteiger partial charge in [0.15, 0.2) is 17.4 Å². The first-order chi connectivity index (χ1) is 15.7. The molecule has 0 bridgehead atoms. The quantitative estimate of drug-likeness (QED) is 0.115. The molecule has 0 aliphatic heterocycles. The normalized spacial score (nSPS) is 12.0. The van der Waals surface area contributed by atoms with Crippen molar-refractivity contribution in [2.45, 2.75) is 24.2 Å². The topological polar surface area (TPSA) is 48.2 Å². The van der Waals surface area contributed by atoms with Crippen LogP contribution in [0.3, 0.4) is 0 Å². The van der Waals surface area contributed by atoms with Crippen LogP contribution in [0.4, 0.5) is 23.2 Å². The molecular weight excluding hydrogens is 476 g/mol. The number of nitrogens with one attached hydrogen (secondary N) is 1. The van der Waals surface area contributed by atoms with Crippen molar-refractivity contribution in [2.24, 2.45) is 0 Å². The molecule has 0 amide bonds. The lowest BCUT2D eigenvalue weighted by Gasteiger charge is -2.17. The van der Waals surface area contributed by atoms with Crippen LogP contribution in [0, 0.1) is 6.92 Å². The molecule has 0 radical (unpaired) electrons. The lowest BCUT2D eigenvalue weighted by molar-refractivity contribution is -0.578. The summed E-state index contributed by atoms with van der Waals surface area (Å²) in [5, 5.41) is 16.3. The molecule has 0 spiro atoms. The molecule has 1 N–H and O–H groups in total. The summed E-state index contributed by atoms with van der Waals surface area (Å²) in [5.74, 6) is -3.05. The molecule has 4 nitrogen and oxygen atoms in total. The Balaban J connectivity index is 1.95. The van der Waals surface area contributed by atoms with Gasteiger partial charge >= 0.3 is 6.61 Å². The van der Waals surface area contributed by atoms with Gasteiger partial charge in [-0.1, -0.05) is 36.1 Å². The van der Waals surface area contributed by atoms with Crippen molar-refractivity contribution in [3.8, 4) is 5.75 Å². The third-order valence-corrected chi connectivity index (χ3v) is 5.33. The molecule has 0 atom stereocenters. The number of alkyl halides is 4. The van der Waals surface area contributed by atoms with Gasteiger partial charge in [0.25, 0.3) is 5.76 Å². The van der Waals surface area contributed by atoms with E-state index in [9.17, 15) is 22.7 Å². The standard InChI is InChI=1S/C23H18F4N2O2S2/c1-14-3-2-12-29(13-14)19(20(30)15-4-8-17(9-5-15)31-22(24)25)21(32)28-16-6-10-18(11-7-16)33-23(26)27/h2-13,22-23H,1H3,(H-,28,30,32). The Bertz CT molecular complexity index is 1140. The summed E-state index contributed by atoms with van der Waals surface area (Å²) in [7, 11) is 0. The number of thioether (sulfide) groups is 1. The Kier molecular flexibility index (Phi) is 8.29. The highest BCUT2D eigenvalue weighted by molar-refractivity contribution is 7.99. The van der Waals surface area contributed by atoms with E-state index < -0.39 is 18.1 Å². The van der Waals surface area contributed by atoms with E-state index in [-0.39, 0.29) is 22.0 Å². The smallest absolute Gasteiger partial charge is 0.387 e. The van der Waals surface area contributed by atoms with Gasteiger partial charge in [-0.05, 0) is 60.7 Å². The van der Waals surface area contributed by atoms with Gasteiger partial charge in [-0.2, -0.15) is 22.1 Å². The van der Waals surface area contributed by atoms with E-state index in [4.69, 9.17) is 12.2 Å². The van der Waals surface area contributed by atoms with Crippen LogP contribution >= 0.6 is 24.0 Å². The number of nitrogens with zero attached hydrogens (tertiary/aromatic N) is 1. The van der Waals surface area contributed by atoms with Crippen molar-refractivity contribution in [3.05, 3.63) is 84.2 Å². The monoisotopic (exact) mass is 494 g/mol. The van der Waals surface area contributed by atoms with Crippen LogP contribution in [0.1, 0.15) is 11.1 Å². The van der Waals surface area contributed by atoms with Crippen molar-refractivity contribution in [1.82, 2.24) is 0 Å². The fourth-order valence-electron chi connectivity index (χ4n) is 2.90. The van der Waals surface area contributed by atoms with E-state index in [1.807, 2.05) is 13.0 Å². The van der Waals surface area contributed by atoms with Gasteiger partial charge in [-0.15, -0.1) is 0 Å². The van der Waals surface area contributed by atoms with Gasteiger partial charge < -0.3 is 15.2 Å². The molecule has 33 heavy (non-hydrogen) atoms. The summed E-state index contributed by atoms with van der Waals surface area (Å²) >= 11 is 5.93. The average molecular weight is 495 g/mol. The summed E-state index contributed by atoms with van der Waals surface area (Å²) in [6.07, 6.45) is 3.38. The Morgan fingerprint density at radius 1 is 1.03 bits per heavy atom. The second-order valence-corrected chi connectivity index (χ2v) is 8.20. The van der Waals surface area contributed by atoms with Crippen LogP contribution in [0.2, 0.25) is 0 Å². The molecule has 3 aromatic rings. The molecule has 3 rings (SSSR count). The molecule has 10 heteroatoms. The molecule has 0 unspecified atom stereocenters. The van der Waals surface area contributed by atoms with Crippen LogP contribution in [-0.4, -0.2) is 17.4 Å². The van der Waals surface area contributed by atoms with Crippen LogP contribution < -0.4 is 19.7 Å². The largest absolute Gasteiger partial charge is 0.867 e. The lowest BCUT2D eigenvalue weighted by atomic mass is 10.1. The van der Waals surface area contributed by atoms with Gasteiger partial charge in [-0.25, -0.2) is 0 Å². The Labute approximate surface area is 197 Å². The van der Waals surface area contributed by atoms with Crippen LogP contribution in [0.25, 0.3) is 11.5 Å². The van der Waals surface area contributed by atoms with Crippen LogP contribution in [0.15, 0.2) is 78.0 Å². The van der Waals surface area contributed by atoms with Gasteiger partial charge in [-0.3, -0.25) is 0 Å². The SMILES string of the molecule is Cc1ccc[n+](C(C(=S)Nc2ccc(SC(F)F)cc2)=C([O-])c2ccc(OC(F)F)cc2)c1. The maximum absolute atomic E-state index is 13.3. The summed E-state index contributed by atoms with van der Waals surface area (Å²) < 4.78 is 55.8. The molecule has 0 aliphatic rings. The first-order valence-electron chi connectivity index (χ1n) is 9.54. The highest BCUT2D eigenvalue weighted by Gasteiger charge is 2.19. The molecule has 0 fully saturated rings. The molecule has 0 saturated heterocycles. The number of ether oxygens (including phenoxy) is 1. The van der Waals surface area contributed by atoms with Gasteiger partial charge in [0.05, 0.1) is 0 Å². The maximum Gasteiger partial charge on any atom is 0.387 e. The molecule has 1 heterocycles. The number of thiocarbonyl (C=S) groups is 1. The summed E-state index contributed by atoms with van der Waals surface area (Å²) in [5.41, 5.74) is 1.73. The Hall–Kier alpha value is -3.11. The number of halogens is 4. The molecule has 2 aromatic carbocycles. The molecule has 172 valence electrons. The third kappa shape index (κ3) is 6.93. The first kappa shape index (κ1) is 24.5. The molecular formula is C23H18F4N2O2S2. The second kappa shape index (κ2) is 11.2. The highest BCUT2D eigenvalue weighted by Crippen LogP contribution is 2.27. The number of pyridine rings is 1. The minimum atomic E-state index is -2.97. The number of rotatable bonds is 8. The van der Waals surface area contributed by atoms with Crippen LogP contribution in [-0.2, 0) is 0 Å². The fraction of sp³-hybridized carbons (Fsp3) is 0.130. The Morgan fingerprint density at radius 3 is 2.27 bits per heavy atom. The predicted octanol–water partition coefficient (Wildman–Crippen LogP) is 5.32. The fourth-order valence-corrected chi connectivity index (χ4v) is 3.72. The molecule has 0 aliphatic carbocycles. The van der Waals surface area contributed by atoms with Gasteiger partial charge in [0.1, 0.15) is 5.75 Å². The summed E-state index contributed by atoms with van der Waals surface area (Å²) in [6.45, 7) is -1.12. The zero-order chi connectivity index (χ0) is 24.0. The Morgan fingerprint density at radius 2 is 1.70 bits per heavy atom. The zero-order valence-electron chi connectivity index (χ0n) is 17.2. The van der Waals surface area contributed by atoms with Crippen LogP contribution in [0.5, 0.6) is 5.75 Å². The number of benzene rings is 2. The lowest BCUT2D eigenvalue weighted by Crippen LogP contribution is -2.40. The predicted molar refractivity (Wildman–Crippen MR) is 122 cm³/mol. The van der Waals surface area contributed by atoms with Gasteiger partial charge in [0.2, 0.25) is 5.70 Å². The van der Waals surface area contributed by atoms with E-state index >= 15 is 0 Å². The van der Waals surface area contributed by atoms with Gasteiger partial charge in [0, 0.05) is 22.2 Å². The van der Waals surface area contributed by atoms with Crippen molar-refractivity contribution in [3.63, 3.8) is 0 Å². The second-order valence-electron chi connectivity index (χ2n) is 6.73. The minimum absolute atomic E-state index is 0.0752. The zero-order valence-corrected chi connectivity index (χ0v) is 18.8. The van der Waals surface area contributed by atoms with E-state index in [1.54, 1.807) is 35.2 Å². The first-order valence-corrected chi connectivity index (χ1v) is 10.8. The summed E-state index contributed by atoms with van der Waals surface area (Å²) in [4.78, 5) is 0.485.